The standard InChI is InChI=1S/C11H6Cl3NO2/c1-5-4-15-17-10(5)8-7(12)3-2-6(9(8)13)11(14)16/h2-4H,1H3. The Bertz CT molecular complexity index is 592. The minimum atomic E-state index is -0.648. The zero-order valence-electron chi connectivity index (χ0n) is 8.63. The van der Waals surface area contributed by atoms with Crippen LogP contribution in [0.1, 0.15) is 15.9 Å². The SMILES string of the molecule is Cc1cnoc1-c1c(Cl)ccc(C(=O)Cl)c1Cl. The second-order valence-corrected chi connectivity index (χ2v) is 4.52. The van der Waals surface area contributed by atoms with Crippen LogP contribution in [0.5, 0.6) is 0 Å². The quantitative estimate of drug-likeness (QED) is 0.773. The maximum atomic E-state index is 11.2. The van der Waals surface area contributed by atoms with Gasteiger partial charge >= 0.3 is 0 Å². The van der Waals surface area contributed by atoms with E-state index in [1.807, 2.05) is 0 Å². The summed E-state index contributed by atoms with van der Waals surface area (Å²) in [5, 5.41) is 3.53. The first-order chi connectivity index (χ1) is 8.02. The van der Waals surface area contributed by atoms with Crippen LogP contribution in [-0.2, 0) is 0 Å². The van der Waals surface area contributed by atoms with Crippen LogP contribution >= 0.6 is 34.8 Å². The minimum Gasteiger partial charge on any atom is -0.356 e. The van der Waals surface area contributed by atoms with Crippen molar-refractivity contribution in [1.29, 1.82) is 0 Å². The van der Waals surface area contributed by atoms with E-state index in [1.54, 1.807) is 13.0 Å². The highest BCUT2D eigenvalue weighted by atomic mass is 35.5. The third-order valence-corrected chi connectivity index (χ3v) is 3.19. The summed E-state index contributed by atoms with van der Waals surface area (Å²) in [6.07, 6.45) is 1.54. The van der Waals surface area contributed by atoms with E-state index in [2.05, 4.69) is 5.16 Å². The molecule has 2 rings (SSSR count). The van der Waals surface area contributed by atoms with Crippen molar-refractivity contribution < 1.29 is 9.32 Å². The molecule has 0 unspecified atom stereocenters. The molecule has 0 N–H and O–H groups in total. The fourth-order valence-corrected chi connectivity index (χ4v) is 2.28. The number of carbonyl (C=O) groups excluding carboxylic acids is 1. The molecule has 0 radical (unpaired) electrons. The van der Waals surface area contributed by atoms with E-state index in [0.717, 1.165) is 5.56 Å². The summed E-state index contributed by atoms with van der Waals surface area (Å²) in [5.74, 6) is 0.430. The lowest BCUT2D eigenvalue weighted by Crippen LogP contribution is -1.93. The summed E-state index contributed by atoms with van der Waals surface area (Å²) in [7, 11) is 0. The summed E-state index contributed by atoms with van der Waals surface area (Å²) < 4.78 is 5.07. The summed E-state index contributed by atoms with van der Waals surface area (Å²) in [5.41, 5.74) is 1.38. The number of hydrogen-bond donors (Lipinski definition) is 0. The van der Waals surface area contributed by atoms with Crippen molar-refractivity contribution in [1.82, 2.24) is 5.16 Å². The first-order valence-corrected chi connectivity index (χ1v) is 5.75. The van der Waals surface area contributed by atoms with Crippen LogP contribution in [-0.4, -0.2) is 10.4 Å². The zero-order chi connectivity index (χ0) is 12.6. The molecule has 1 aromatic carbocycles. The molecule has 0 amide bonds. The normalized spacial score (nSPS) is 10.6. The van der Waals surface area contributed by atoms with E-state index in [1.165, 1.54) is 12.3 Å². The largest absolute Gasteiger partial charge is 0.356 e. The molecule has 6 heteroatoms. The van der Waals surface area contributed by atoms with Crippen molar-refractivity contribution in [3.8, 4) is 11.3 Å². The maximum Gasteiger partial charge on any atom is 0.253 e. The van der Waals surface area contributed by atoms with E-state index >= 15 is 0 Å². The summed E-state index contributed by atoms with van der Waals surface area (Å²) in [4.78, 5) is 11.2. The minimum absolute atomic E-state index is 0.164. The number of benzene rings is 1. The highest BCUT2D eigenvalue weighted by molar-refractivity contribution is 6.69. The van der Waals surface area contributed by atoms with Crippen molar-refractivity contribution in [2.24, 2.45) is 0 Å². The highest BCUT2D eigenvalue weighted by Crippen LogP contribution is 2.38. The van der Waals surface area contributed by atoms with Crippen LogP contribution in [0.3, 0.4) is 0 Å². The second kappa shape index (κ2) is 4.69. The van der Waals surface area contributed by atoms with Crippen LogP contribution in [0, 0.1) is 6.92 Å². The first kappa shape index (κ1) is 12.4. The molecule has 0 aliphatic rings. The molecular formula is C11H6Cl3NO2. The number of halogens is 3. The van der Waals surface area contributed by atoms with E-state index in [0.29, 0.717) is 16.3 Å². The van der Waals surface area contributed by atoms with Gasteiger partial charge in [0.15, 0.2) is 5.76 Å². The van der Waals surface area contributed by atoms with Crippen molar-refractivity contribution >= 4 is 40.0 Å². The monoisotopic (exact) mass is 289 g/mol. The molecule has 0 saturated carbocycles. The highest BCUT2D eigenvalue weighted by Gasteiger charge is 2.20. The van der Waals surface area contributed by atoms with E-state index in [9.17, 15) is 4.79 Å². The first-order valence-electron chi connectivity index (χ1n) is 4.62. The second-order valence-electron chi connectivity index (χ2n) is 3.40. The third-order valence-electron chi connectivity index (χ3n) is 2.28. The van der Waals surface area contributed by atoms with Gasteiger partial charge in [-0.15, -0.1) is 0 Å². The van der Waals surface area contributed by atoms with Gasteiger partial charge in [0.25, 0.3) is 5.24 Å². The van der Waals surface area contributed by atoms with Crippen molar-refractivity contribution in [2.75, 3.05) is 0 Å². The van der Waals surface area contributed by atoms with Crippen LogP contribution in [0.2, 0.25) is 10.0 Å². The molecule has 17 heavy (non-hydrogen) atoms. The molecule has 3 nitrogen and oxygen atoms in total. The van der Waals surface area contributed by atoms with Gasteiger partial charge in [-0.3, -0.25) is 4.79 Å². The van der Waals surface area contributed by atoms with Gasteiger partial charge in [0.1, 0.15) is 0 Å². The molecule has 1 aromatic heterocycles. The van der Waals surface area contributed by atoms with Crippen LogP contribution in [0.4, 0.5) is 0 Å². The Labute approximate surface area is 112 Å². The van der Waals surface area contributed by atoms with Crippen LogP contribution in [0.15, 0.2) is 22.9 Å². The topological polar surface area (TPSA) is 43.1 Å². The summed E-state index contributed by atoms with van der Waals surface area (Å²) in [6, 6.07) is 3.01. The van der Waals surface area contributed by atoms with Gasteiger partial charge in [0.05, 0.1) is 27.4 Å². The van der Waals surface area contributed by atoms with Gasteiger partial charge in [-0.05, 0) is 30.7 Å². The number of aromatic nitrogens is 1. The van der Waals surface area contributed by atoms with Crippen LogP contribution < -0.4 is 0 Å². The molecule has 0 spiro atoms. The van der Waals surface area contributed by atoms with E-state index in [-0.39, 0.29) is 10.6 Å². The van der Waals surface area contributed by atoms with Crippen molar-refractivity contribution in [3.05, 3.63) is 39.5 Å². The summed E-state index contributed by atoms with van der Waals surface area (Å²) >= 11 is 17.6. The van der Waals surface area contributed by atoms with Crippen LogP contribution in [0.25, 0.3) is 11.3 Å². The van der Waals surface area contributed by atoms with E-state index in [4.69, 9.17) is 39.3 Å². The lowest BCUT2D eigenvalue weighted by Gasteiger charge is -2.07. The van der Waals surface area contributed by atoms with Crippen molar-refractivity contribution in [3.63, 3.8) is 0 Å². The Kier molecular flexibility index (Phi) is 3.43. The Morgan fingerprint density at radius 1 is 1.35 bits per heavy atom. The molecule has 0 aliphatic carbocycles. The fraction of sp³-hybridized carbons (Fsp3) is 0.0909. The zero-order valence-corrected chi connectivity index (χ0v) is 10.9. The lowest BCUT2D eigenvalue weighted by molar-refractivity contribution is 0.108. The average Bonchev–Trinajstić information content (AvgIpc) is 2.64. The predicted molar refractivity (Wildman–Crippen MR) is 66.9 cm³/mol. The molecule has 2 aromatic rings. The number of aryl methyl sites for hydroxylation is 1. The van der Waals surface area contributed by atoms with E-state index < -0.39 is 5.24 Å². The molecule has 0 bridgehead atoms. The Morgan fingerprint density at radius 2 is 2.06 bits per heavy atom. The number of hydrogen-bond acceptors (Lipinski definition) is 3. The molecule has 88 valence electrons. The van der Waals surface area contributed by atoms with Gasteiger partial charge in [-0.2, -0.15) is 0 Å². The average molecular weight is 291 g/mol. The fourth-order valence-electron chi connectivity index (χ4n) is 1.44. The van der Waals surface area contributed by atoms with Gasteiger partial charge in [-0.1, -0.05) is 28.4 Å². The molecular weight excluding hydrogens is 284 g/mol. The maximum absolute atomic E-state index is 11.2. The molecule has 0 saturated heterocycles. The third kappa shape index (κ3) is 2.18. The Balaban J connectivity index is 2.73. The Hall–Kier alpha value is -1.03. The molecule has 0 aliphatic heterocycles. The smallest absolute Gasteiger partial charge is 0.253 e. The lowest BCUT2D eigenvalue weighted by atomic mass is 10.1. The molecule has 0 atom stereocenters. The summed E-state index contributed by atoms with van der Waals surface area (Å²) in [6.45, 7) is 1.80. The van der Waals surface area contributed by atoms with Gasteiger partial charge in [-0.25, -0.2) is 0 Å². The predicted octanol–water partition coefficient (Wildman–Crippen LogP) is 4.34. The van der Waals surface area contributed by atoms with Crippen molar-refractivity contribution in [2.45, 2.75) is 6.92 Å². The number of rotatable bonds is 2. The number of carbonyl (C=O) groups is 1. The molecule has 0 fully saturated rings. The molecule has 1 heterocycles. The Morgan fingerprint density at radius 3 is 2.59 bits per heavy atom. The van der Waals surface area contributed by atoms with Gasteiger partial charge in [0, 0.05) is 5.56 Å². The van der Waals surface area contributed by atoms with Gasteiger partial charge in [0.2, 0.25) is 0 Å². The number of nitrogens with zero attached hydrogens (tertiary/aromatic N) is 1. The van der Waals surface area contributed by atoms with Gasteiger partial charge < -0.3 is 4.52 Å².